The van der Waals surface area contributed by atoms with Crippen molar-refractivity contribution in [3.8, 4) is 0 Å². The summed E-state index contributed by atoms with van der Waals surface area (Å²) in [5.41, 5.74) is 1.91. The monoisotopic (exact) mass is 410 g/mol. The fraction of sp³-hybridized carbons (Fsp3) is 0.400. The first-order valence-electron chi connectivity index (χ1n) is 8.85. The van der Waals surface area contributed by atoms with Gasteiger partial charge in [0, 0.05) is 0 Å². The third kappa shape index (κ3) is 5.64. The van der Waals surface area contributed by atoms with Crippen molar-refractivity contribution < 1.29 is 21.0 Å². The molecule has 2 aromatic rings. The predicted octanol–water partition coefficient (Wildman–Crippen LogP) is 3.90. The van der Waals surface area contributed by atoms with E-state index >= 15 is 0 Å². The first-order valence-corrected chi connectivity index (χ1v) is 11.8. The molecule has 0 saturated carbocycles. The maximum Gasteiger partial charge on any atom is 0.297 e. The lowest BCUT2D eigenvalue weighted by molar-refractivity contribution is 0.218. The van der Waals surface area contributed by atoms with Gasteiger partial charge in [0.05, 0.1) is 21.1 Å². The molecule has 7 heteroatoms. The van der Waals surface area contributed by atoms with Crippen molar-refractivity contribution in [3.63, 3.8) is 0 Å². The highest BCUT2D eigenvalue weighted by molar-refractivity contribution is 7.92. The molecule has 2 aromatic carbocycles. The van der Waals surface area contributed by atoms with Crippen LogP contribution < -0.4 is 0 Å². The molecular weight excluding hydrogens is 384 g/mol. The Morgan fingerprint density at radius 2 is 1.33 bits per heavy atom. The number of aryl methyl sites for hydroxylation is 2. The Balaban J connectivity index is 1.97. The highest BCUT2D eigenvalue weighted by atomic mass is 32.2. The van der Waals surface area contributed by atoms with Crippen LogP contribution in [0.1, 0.15) is 38.3 Å². The molecule has 0 spiro atoms. The van der Waals surface area contributed by atoms with E-state index in [-0.39, 0.29) is 4.90 Å². The van der Waals surface area contributed by atoms with Gasteiger partial charge < -0.3 is 0 Å². The van der Waals surface area contributed by atoms with Crippen LogP contribution in [0.5, 0.6) is 0 Å². The van der Waals surface area contributed by atoms with Gasteiger partial charge in [-0.05, 0) is 70.4 Å². The van der Waals surface area contributed by atoms with Crippen molar-refractivity contribution in [1.82, 2.24) is 0 Å². The van der Waals surface area contributed by atoms with E-state index in [0.717, 1.165) is 11.1 Å². The smallest absolute Gasteiger partial charge is 0.263 e. The van der Waals surface area contributed by atoms with Crippen molar-refractivity contribution in [2.24, 2.45) is 0 Å². The SMILES string of the molecule is Cc1ccc(S(=O)(=O)OC(C)CCc2ccc(S(=O)(=O)C(C)C)cc2)cc1. The largest absolute Gasteiger partial charge is 0.297 e. The zero-order valence-corrected chi connectivity index (χ0v) is 17.7. The van der Waals surface area contributed by atoms with Gasteiger partial charge in [0.25, 0.3) is 10.1 Å². The summed E-state index contributed by atoms with van der Waals surface area (Å²) in [6.07, 6.45) is 0.601. The fourth-order valence-electron chi connectivity index (χ4n) is 2.51. The normalized spacial score (nSPS) is 13.7. The van der Waals surface area contributed by atoms with E-state index in [2.05, 4.69) is 0 Å². The van der Waals surface area contributed by atoms with E-state index < -0.39 is 31.3 Å². The van der Waals surface area contributed by atoms with Crippen molar-refractivity contribution in [1.29, 1.82) is 0 Å². The summed E-state index contributed by atoms with van der Waals surface area (Å²) >= 11 is 0. The minimum absolute atomic E-state index is 0.142. The molecule has 148 valence electrons. The summed E-state index contributed by atoms with van der Waals surface area (Å²) in [7, 11) is -7.08. The molecule has 27 heavy (non-hydrogen) atoms. The van der Waals surface area contributed by atoms with Crippen molar-refractivity contribution in [2.45, 2.75) is 61.7 Å². The summed E-state index contributed by atoms with van der Waals surface area (Å²) < 4.78 is 54.1. The molecule has 1 atom stereocenters. The number of sulfone groups is 1. The first kappa shape index (κ1) is 21.6. The van der Waals surface area contributed by atoms with E-state index in [1.54, 1.807) is 57.2 Å². The van der Waals surface area contributed by atoms with Gasteiger partial charge in [0.2, 0.25) is 0 Å². The van der Waals surface area contributed by atoms with Crippen molar-refractivity contribution in [3.05, 3.63) is 59.7 Å². The number of hydrogen-bond donors (Lipinski definition) is 0. The van der Waals surface area contributed by atoms with Crippen LogP contribution in [0.3, 0.4) is 0 Å². The summed E-state index contributed by atoms with van der Waals surface area (Å²) in [4.78, 5) is 0.440. The van der Waals surface area contributed by atoms with Crippen molar-refractivity contribution in [2.75, 3.05) is 0 Å². The molecule has 5 nitrogen and oxygen atoms in total. The Morgan fingerprint density at radius 3 is 1.85 bits per heavy atom. The fourth-order valence-corrected chi connectivity index (χ4v) is 4.68. The zero-order valence-electron chi connectivity index (χ0n) is 16.0. The minimum Gasteiger partial charge on any atom is -0.263 e. The topological polar surface area (TPSA) is 77.5 Å². The van der Waals surface area contributed by atoms with Crippen LogP contribution in [0.15, 0.2) is 58.3 Å². The standard InChI is InChI=1S/C20H26O5S2/c1-15(2)26(21,22)19-13-9-18(10-14-19)8-7-17(4)25-27(23,24)20-11-5-16(3)6-12-20/h5-6,9-15,17H,7-8H2,1-4H3. The Morgan fingerprint density at radius 1 is 0.815 bits per heavy atom. The van der Waals surface area contributed by atoms with Crippen LogP contribution in [0, 0.1) is 6.92 Å². The second-order valence-electron chi connectivity index (χ2n) is 6.95. The summed E-state index contributed by atoms with van der Waals surface area (Å²) in [6, 6.07) is 13.2. The summed E-state index contributed by atoms with van der Waals surface area (Å²) in [5.74, 6) is 0. The molecule has 1 unspecified atom stereocenters. The van der Waals surface area contributed by atoms with Gasteiger partial charge in [0.1, 0.15) is 0 Å². The minimum atomic E-state index is -3.80. The Kier molecular flexibility index (Phi) is 6.83. The van der Waals surface area contributed by atoms with Gasteiger partial charge in [-0.2, -0.15) is 8.42 Å². The first-order chi connectivity index (χ1) is 12.5. The van der Waals surface area contributed by atoms with Gasteiger partial charge in [-0.3, -0.25) is 4.18 Å². The van der Waals surface area contributed by atoms with Crippen LogP contribution >= 0.6 is 0 Å². The lowest BCUT2D eigenvalue weighted by atomic mass is 10.1. The molecule has 2 rings (SSSR count). The van der Waals surface area contributed by atoms with Crippen LogP contribution in [0.25, 0.3) is 0 Å². The van der Waals surface area contributed by atoms with Crippen molar-refractivity contribution >= 4 is 20.0 Å². The zero-order chi connectivity index (χ0) is 20.2. The van der Waals surface area contributed by atoms with Gasteiger partial charge in [-0.25, -0.2) is 8.42 Å². The van der Waals surface area contributed by atoms with E-state index in [1.807, 2.05) is 6.92 Å². The van der Waals surface area contributed by atoms with Gasteiger partial charge in [-0.1, -0.05) is 29.8 Å². The molecule has 0 aliphatic heterocycles. The predicted molar refractivity (Wildman–Crippen MR) is 106 cm³/mol. The average Bonchev–Trinajstić information content (AvgIpc) is 2.60. The van der Waals surface area contributed by atoms with Gasteiger partial charge in [0.15, 0.2) is 9.84 Å². The Labute approximate surface area is 162 Å². The molecule has 0 aromatic heterocycles. The van der Waals surface area contributed by atoms with E-state index in [4.69, 9.17) is 4.18 Å². The molecule has 0 aliphatic rings. The Hall–Kier alpha value is -1.70. The maximum atomic E-state index is 12.3. The molecule has 0 fully saturated rings. The summed E-state index contributed by atoms with van der Waals surface area (Å²) in [5, 5.41) is -0.469. The van der Waals surface area contributed by atoms with Gasteiger partial charge >= 0.3 is 0 Å². The second-order valence-corrected chi connectivity index (χ2v) is 11.0. The highest BCUT2D eigenvalue weighted by Gasteiger charge is 2.20. The number of rotatable bonds is 8. The highest BCUT2D eigenvalue weighted by Crippen LogP contribution is 2.19. The third-order valence-electron chi connectivity index (χ3n) is 4.31. The van der Waals surface area contributed by atoms with Gasteiger partial charge in [-0.15, -0.1) is 0 Å². The lowest BCUT2D eigenvalue weighted by Gasteiger charge is -2.14. The van der Waals surface area contributed by atoms with Crippen LogP contribution in [-0.2, 0) is 30.6 Å². The van der Waals surface area contributed by atoms with E-state index in [1.165, 1.54) is 12.1 Å². The van der Waals surface area contributed by atoms with Crippen LogP contribution in [0.4, 0.5) is 0 Å². The molecule has 0 radical (unpaired) electrons. The summed E-state index contributed by atoms with van der Waals surface area (Å²) in [6.45, 7) is 6.90. The molecule has 0 heterocycles. The quantitative estimate of drug-likeness (QED) is 0.617. The molecule has 0 N–H and O–H groups in total. The maximum absolute atomic E-state index is 12.3. The lowest BCUT2D eigenvalue weighted by Crippen LogP contribution is -2.16. The van der Waals surface area contributed by atoms with Crippen LogP contribution in [-0.4, -0.2) is 28.2 Å². The van der Waals surface area contributed by atoms with E-state index in [9.17, 15) is 16.8 Å². The number of hydrogen-bond acceptors (Lipinski definition) is 5. The molecule has 0 amide bonds. The van der Waals surface area contributed by atoms with E-state index in [0.29, 0.717) is 17.7 Å². The Bertz CT molecular complexity index is 958. The number of benzene rings is 2. The second kappa shape index (κ2) is 8.54. The molecule has 0 aliphatic carbocycles. The molecular formula is C20H26O5S2. The van der Waals surface area contributed by atoms with Crippen LogP contribution in [0.2, 0.25) is 0 Å². The molecule has 0 saturated heterocycles. The average molecular weight is 411 g/mol. The molecule has 0 bridgehead atoms. The third-order valence-corrected chi connectivity index (χ3v) is 7.91.